The Morgan fingerprint density at radius 1 is 1.04 bits per heavy atom. The normalized spacial score (nSPS) is 18.4. The highest BCUT2D eigenvalue weighted by Crippen LogP contribution is 2.34. The number of hydrogen-bond acceptors (Lipinski definition) is 2. The summed E-state index contributed by atoms with van der Waals surface area (Å²) in [4.78, 5) is 15.5. The van der Waals surface area contributed by atoms with Gasteiger partial charge in [-0.15, -0.1) is 0 Å². The summed E-state index contributed by atoms with van der Waals surface area (Å²) in [6, 6.07) is 9.62. The van der Waals surface area contributed by atoms with Gasteiger partial charge in [0.05, 0.1) is 15.7 Å². The van der Waals surface area contributed by atoms with Gasteiger partial charge in [0.1, 0.15) is 0 Å². The number of likely N-dealkylation sites (tertiary alicyclic amines) is 1. The second kappa shape index (κ2) is 8.16. The fourth-order valence-electron chi connectivity index (χ4n) is 2.92. The summed E-state index contributed by atoms with van der Waals surface area (Å²) in [5.74, 6) is 6.31. The van der Waals surface area contributed by atoms with E-state index in [1.54, 1.807) is 0 Å². The molecule has 2 atom stereocenters. The third-order valence-corrected chi connectivity index (χ3v) is 6.41. The van der Waals surface area contributed by atoms with Crippen LogP contribution in [-0.2, 0) is 15.8 Å². The van der Waals surface area contributed by atoms with Crippen molar-refractivity contribution in [2.24, 2.45) is 5.41 Å². The first kappa shape index (κ1) is 21.7. The van der Waals surface area contributed by atoms with Gasteiger partial charge in [0.25, 0.3) is 5.91 Å². The minimum absolute atomic E-state index is 0.0754. The molecule has 1 aliphatic rings. The predicted molar refractivity (Wildman–Crippen MR) is 112 cm³/mol. The van der Waals surface area contributed by atoms with Gasteiger partial charge in [-0.1, -0.05) is 50.8 Å². The summed E-state index contributed by atoms with van der Waals surface area (Å²) in [5.41, 5.74) is -0.940. The molecule has 1 fully saturated rings. The van der Waals surface area contributed by atoms with Crippen LogP contribution in [0.4, 0.5) is 0 Å². The van der Waals surface area contributed by atoms with Crippen LogP contribution in [0.1, 0.15) is 59.9 Å². The van der Waals surface area contributed by atoms with E-state index in [0.29, 0.717) is 0 Å². The number of rotatable bonds is 3. The van der Waals surface area contributed by atoms with E-state index in [4.69, 9.17) is 0 Å². The largest absolute Gasteiger partial charge is 0.340 e. The summed E-state index contributed by atoms with van der Waals surface area (Å²) in [7, 11) is -1.43. The second-order valence-electron chi connectivity index (χ2n) is 9.10. The van der Waals surface area contributed by atoms with Crippen molar-refractivity contribution < 1.29 is 9.00 Å². The Kier molecular flexibility index (Phi) is 6.55. The highest BCUT2D eigenvalue weighted by Gasteiger charge is 2.52. The Morgan fingerprint density at radius 2 is 1.59 bits per heavy atom. The first-order chi connectivity index (χ1) is 12.5. The van der Waals surface area contributed by atoms with Gasteiger partial charge in [0.15, 0.2) is 5.54 Å². The van der Waals surface area contributed by atoms with Gasteiger partial charge in [-0.3, -0.25) is 4.79 Å². The van der Waals surface area contributed by atoms with Crippen LogP contribution in [0, 0.1) is 17.3 Å². The molecule has 0 saturated carbocycles. The Hall–Kier alpha value is -1.64. The van der Waals surface area contributed by atoms with Crippen molar-refractivity contribution in [3.63, 3.8) is 0 Å². The molecule has 4 nitrogen and oxygen atoms in total. The number of carbonyl (C=O) groups excluding carboxylic acids is 1. The van der Waals surface area contributed by atoms with Crippen LogP contribution in [0.15, 0.2) is 30.3 Å². The molecule has 1 saturated heterocycles. The number of carbonyl (C=O) groups is 1. The van der Waals surface area contributed by atoms with Crippen LogP contribution >= 0.6 is 0 Å². The first-order valence-electron chi connectivity index (χ1n) is 9.55. The highest BCUT2D eigenvalue weighted by atomic mass is 32.2. The Balaban J connectivity index is 2.57. The molecule has 1 aromatic rings. The summed E-state index contributed by atoms with van der Waals surface area (Å²) < 4.78 is 15.7. The van der Waals surface area contributed by atoms with Crippen LogP contribution in [0.2, 0.25) is 0 Å². The summed E-state index contributed by atoms with van der Waals surface area (Å²) in [6.45, 7) is 13.1. The topological polar surface area (TPSA) is 49.4 Å². The third-order valence-electron chi connectivity index (χ3n) is 4.81. The van der Waals surface area contributed by atoms with Crippen LogP contribution in [-0.4, -0.2) is 38.4 Å². The predicted octanol–water partition coefficient (Wildman–Crippen LogP) is 3.50. The lowest BCUT2D eigenvalue weighted by molar-refractivity contribution is -0.137. The molecule has 5 heteroatoms. The molecular weight excluding hydrogens is 356 g/mol. The number of nitrogens with one attached hydrogen (secondary N) is 1. The molecule has 1 heterocycles. The number of amides is 1. The molecule has 1 aliphatic heterocycles. The zero-order chi connectivity index (χ0) is 20.3. The van der Waals surface area contributed by atoms with Crippen molar-refractivity contribution in [1.29, 1.82) is 0 Å². The van der Waals surface area contributed by atoms with Gasteiger partial charge in [-0.25, -0.2) is 8.93 Å². The molecule has 0 spiro atoms. The summed E-state index contributed by atoms with van der Waals surface area (Å²) in [6.07, 6.45) is 2.00. The third kappa shape index (κ3) is 5.00. The zero-order valence-electron chi connectivity index (χ0n) is 17.4. The van der Waals surface area contributed by atoms with Crippen molar-refractivity contribution in [2.75, 3.05) is 13.1 Å². The van der Waals surface area contributed by atoms with Gasteiger partial charge in [0.2, 0.25) is 0 Å². The molecule has 1 N–H and O–H groups in total. The average Bonchev–Trinajstić information content (AvgIpc) is 3.11. The first-order valence-corrected chi connectivity index (χ1v) is 10.7. The maximum atomic E-state index is 13.6. The molecule has 0 aliphatic carbocycles. The molecule has 0 unspecified atom stereocenters. The van der Waals surface area contributed by atoms with E-state index >= 15 is 0 Å². The van der Waals surface area contributed by atoms with Crippen LogP contribution < -0.4 is 4.72 Å². The lowest BCUT2D eigenvalue weighted by Crippen LogP contribution is -2.65. The van der Waals surface area contributed by atoms with Gasteiger partial charge in [-0.05, 0) is 45.7 Å². The lowest BCUT2D eigenvalue weighted by Gasteiger charge is -2.42. The van der Waals surface area contributed by atoms with E-state index in [9.17, 15) is 9.00 Å². The smallest absolute Gasteiger partial charge is 0.256 e. The fourth-order valence-corrected chi connectivity index (χ4v) is 3.95. The van der Waals surface area contributed by atoms with E-state index in [0.717, 1.165) is 31.5 Å². The molecule has 1 amide bonds. The monoisotopic (exact) mass is 388 g/mol. The SMILES string of the molecule is CC(C)(C)[S@](=O)N[C@](C#Cc1ccccc1)(C(=O)N1CCCC1)C(C)(C)C. The zero-order valence-corrected chi connectivity index (χ0v) is 18.2. The minimum Gasteiger partial charge on any atom is -0.340 e. The van der Waals surface area contributed by atoms with Crippen LogP contribution in [0.5, 0.6) is 0 Å². The van der Waals surface area contributed by atoms with E-state index in [-0.39, 0.29) is 5.91 Å². The lowest BCUT2D eigenvalue weighted by atomic mass is 9.73. The molecule has 2 rings (SSSR count). The van der Waals surface area contributed by atoms with Gasteiger partial charge in [0, 0.05) is 24.1 Å². The number of nitrogens with zero attached hydrogens (tertiary/aromatic N) is 1. The quantitative estimate of drug-likeness (QED) is 0.806. The Labute approximate surface area is 166 Å². The maximum absolute atomic E-state index is 13.6. The van der Waals surface area contributed by atoms with Crippen molar-refractivity contribution >= 4 is 16.9 Å². The number of benzene rings is 1. The van der Waals surface area contributed by atoms with Crippen molar-refractivity contribution in [3.05, 3.63) is 35.9 Å². The molecule has 148 valence electrons. The maximum Gasteiger partial charge on any atom is 0.256 e. The summed E-state index contributed by atoms with van der Waals surface area (Å²) in [5, 5.41) is 0. The van der Waals surface area contributed by atoms with Crippen molar-refractivity contribution in [3.8, 4) is 11.8 Å². The van der Waals surface area contributed by atoms with E-state index < -0.39 is 26.7 Å². The van der Waals surface area contributed by atoms with Crippen LogP contribution in [0.25, 0.3) is 0 Å². The molecule has 0 aromatic heterocycles. The molecule has 0 radical (unpaired) electrons. The van der Waals surface area contributed by atoms with E-state index in [2.05, 4.69) is 16.6 Å². The van der Waals surface area contributed by atoms with Gasteiger partial charge < -0.3 is 4.90 Å². The van der Waals surface area contributed by atoms with Crippen LogP contribution in [0.3, 0.4) is 0 Å². The van der Waals surface area contributed by atoms with Gasteiger partial charge >= 0.3 is 0 Å². The molecule has 1 aromatic carbocycles. The molecule has 27 heavy (non-hydrogen) atoms. The number of hydrogen-bond donors (Lipinski definition) is 1. The molecule has 0 bridgehead atoms. The minimum atomic E-state index is -1.43. The summed E-state index contributed by atoms with van der Waals surface area (Å²) >= 11 is 0. The van der Waals surface area contributed by atoms with Gasteiger partial charge in [-0.2, -0.15) is 0 Å². The van der Waals surface area contributed by atoms with E-state index in [1.807, 2.05) is 76.8 Å². The molecular formula is C22H32N2O2S. The Morgan fingerprint density at radius 3 is 2.07 bits per heavy atom. The second-order valence-corrected chi connectivity index (χ2v) is 11.1. The fraction of sp³-hybridized carbons (Fsp3) is 0.591. The van der Waals surface area contributed by atoms with Crippen molar-refractivity contribution in [1.82, 2.24) is 9.62 Å². The van der Waals surface area contributed by atoms with Crippen molar-refractivity contribution in [2.45, 2.75) is 64.7 Å². The highest BCUT2D eigenvalue weighted by molar-refractivity contribution is 7.84. The average molecular weight is 389 g/mol. The van der Waals surface area contributed by atoms with E-state index in [1.165, 1.54) is 0 Å². The Bertz CT molecular complexity index is 744. The standard InChI is InChI=1S/C22H32N2O2S/c1-20(2,3)22(23-27(26)21(4,5)6,19(25)24-16-10-11-17-24)15-14-18-12-8-7-9-13-18/h7-9,12-13,23H,10-11,16-17H2,1-6H3/t22-,27+/m1/s1.